The van der Waals surface area contributed by atoms with Crippen LogP contribution in [0.2, 0.25) is 0 Å². The zero-order valence-corrected chi connectivity index (χ0v) is 12.5. The molecule has 0 spiro atoms. The lowest BCUT2D eigenvalue weighted by molar-refractivity contribution is 0.391. The minimum atomic E-state index is 0.549. The molecule has 1 saturated carbocycles. The van der Waals surface area contributed by atoms with Gasteiger partial charge in [0.05, 0.1) is 0 Å². The summed E-state index contributed by atoms with van der Waals surface area (Å²) < 4.78 is 0. The number of hydrogen-bond acceptors (Lipinski definition) is 4. The highest BCUT2D eigenvalue weighted by Gasteiger charge is 2.31. The summed E-state index contributed by atoms with van der Waals surface area (Å²) in [6, 6.07) is 0.549. The Balaban J connectivity index is 2.09. The summed E-state index contributed by atoms with van der Waals surface area (Å²) in [7, 11) is 0. The summed E-state index contributed by atoms with van der Waals surface area (Å²) >= 11 is 0. The Morgan fingerprint density at radius 2 is 1.95 bits per heavy atom. The van der Waals surface area contributed by atoms with Gasteiger partial charge in [-0.15, -0.1) is 0 Å². The molecule has 1 aromatic rings. The molecule has 0 aliphatic heterocycles. The van der Waals surface area contributed by atoms with E-state index in [1.807, 2.05) is 0 Å². The maximum atomic E-state index is 4.41. The Bertz CT molecular complexity index is 419. The normalized spacial score (nSPS) is 26.4. The first kappa shape index (κ1) is 14.1. The number of anilines is 2. The van der Waals surface area contributed by atoms with Gasteiger partial charge in [0.2, 0.25) is 0 Å². The van der Waals surface area contributed by atoms with Crippen LogP contribution in [0.4, 0.5) is 11.6 Å². The maximum absolute atomic E-state index is 4.41. The first-order valence-electron chi connectivity index (χ1n) is 7.49. The van der Waals surface area contributed by atoms with Crippen molar-refractivity contribution in [2.24, 2.45) is 11.8 Å². The van der Waals surface area contributed by atoms with Crippen LogP contribution >= 0.6 is 0 Å². The molecule has 0 saturated heterocycles. The number of aromatic nitrogens is 2. The third-order valence-electron chi connectivity index (χ3n) is 4.50. The molecule has 0 radical (unpaired) electrons. The quantitative estimate of drug-likeness (QED) is 0.853. The minimum absolute atomic E-state index is 0.549. The Morgan fingerprint density at radius 1 is 1.21 bits per heavy atom. The van der Waals surface area contributed by atoms with Gasteiger partial charge in [-0.05, 0) is 38.5 Å². The second kappa shape index (κ2) is 6.22. The first-order valence-corrected chi connectivity index (χ1v) is 7.49. The van der Waals surface area contributed by atoms with E-state index < -0.39 is 0 Å². The van der Waals surface area contributed by atoms with Gasteiger partial charge in [0.15, 0.2) is 0 Å². The fourth-order valence-electron chi connectivity index (χ4n) is 3.14. The Morgan fingerprint density at radius 3 is 2.58 bits per heavy atom. The molecule has 3 atom stereocenters. The summed E-state index contributed by atoms with van der Waals surface area (Å²) in [5.41, 5.74) is 1.12. The van der Waals surface area contributed by atoms with E-state index >= 15 is 0 Å². The molecular weight excluding hydrogens is 236 g/mol. The standard InChI is InChI=1S/C15H26N4/c1-5-12-7-8-13(10(12)3)19-15-11(4)14(16-6-2)17-9-18-15/h9-10,12-13H,5-8H2,1-4H3,(H2,16,17,18,19). The molecule has 106 valence electrons. The van der Waals surface area contributed by atoms with Crippen molar-refractivity contribution in [3.8, 4) is 0 Å². The highest BCUT2D eigenvalue weighted by molar-refractivity contribution is 5.56. The van der Waals surface area contributed by atoms with Gasteiger partial charge < -0.3 is 10.6 Å². The van der Waals surface area contributed by atoms with Crippen molar-refractivity contribution in [1.82, 2.24) is 9.97 Å². The molecule has 1 aliphatic rings. The van der Waals surface area contributed by atoms with Crippen molar-refractivity contribution in [1.29, 1.82) is 0 Å². The van der Waals surface area contributed by atoms with E-state index in [1.54, 1.807) is 6.33 Å². The van der Waals surface area contributed by atoms with Crippen molar-refractivity contribution in [2.75, 3.05) is 17.2 Å². The molecule has 1 aromatic heterocycles. The topological polar surface area (TPSA) is 49.8 Å². The van der Waals surface area contributed by atoms with Crippen LogP contribution in [0.1, 0.15) is 45.6 Å². The zero-order chi connectivity index (χ0) is 13.8. The number of nitrogens with one attached hydrogen (secondary N) is 2. The molecule has 1 heterocycles. The highest BCUT2D eigenvalue weighted by Crippen LogP contribution is 2.36. The second-order valence-corrected chi connectivity index (χ2v) is 5.58. The Hall–Kier alpha value is -1.32. The lowest BCUT2D eigenvalue weighted by Gasteiger charge is -2.22. The van der Waals surface area contributed by atoms with Crippen LogP contribution in [0.15, 0.2) is 6.33 Å². The number of nitrogens with zero attached hydrogens (tertiary/aromatic N) is 2. The molecule has 4 nitrogen and oxygen atoms in total. The summed E-state index contributed by atoms with van der Waals surface area (Å²) in [4.78, 5) is 8.70. The van der Waals surface area contributed by atoms with Crippen molar-refractivity contribution in [3.63, 3.8) is 0 Å². The van der Waals surface area contributed by atoms with Crippen molar-refractivity contribution in [2.45, 2.75) is 53.0 Å². The average Bonchev–Trinajstić information content (AvgIpc) is 2.75. The van der Waals surface area contributed by atoms with Gasteiger partial charge in [-0.3, -0.25) is 0 Å². The fourth-order valence-corrected chi connectivity index (χ4v) is 3.14. The van der Waals surface area contributed by atoms with E-state index in [2.05, 4.69) is 48.3 Å². The molecule has 0 aromatic carbocycles. The van der Waals surface area contributed by atoms with Crippen molar-refractivity contribution in [3.05, 3.63) is 11.9 Å². The van der Waals surface area contributed by atoms with Crippen LogP contribution in [-0.2, 0) is 0 Å². The summed E-state index contributed by atoms with van der Waals surface area (Å²) in [6.45, 7) is 9.70. The third kappa shape index (κ3) is 2.99. The van der Waals surface area contributed by atoms with E-state index in [-0.39, 0.29) is 0 Å². The van der Waals surface area contributed by atoms with Gasteiger partial charge >= 0.3 is 0 Å². The minimum Gasteiger partial charge on any atom is -0.370 e. The lowest BCUT2D eigenvalue weighted by atomic mass is 9.93. The average molecular weight is 262 g/mol. The van der Waals surface area contributed by atoms with Crippen molar-refractivity contribution >= 4 is 11.6 Å². The van der Waals surface area contributed by atoms with Gasteiger partial charge in [-0.25, -0.2) is 9.97 Å². The van der Waals surface area contributed by atoms with Crippen LogP contribution < -0.4 is 10.6 Å². The lowest BCUT2D eigenvalue weighted by Crippen LogP contribution is -2.25. The molecule has 2 N–H and O–H groups in total. The Labute approximate surface area is 116 Å². The van der Waals surface area contributed by atoms with Gasteiger partial charge in [-0.1, -0.05) is 20.3 Å². The number of rotatable bonds is 5. The molecular formula is C15H26N4. The molecule has 19 heavy (non-hydrogen) atoms. The van der Waals surface area contributed by atoms with Crippen molar-refractivity contribution < 1.29 is 0 Å². The zero-order valence-electron chi connectivity index (χ0n) is 12.5. The fraction of sp³-hybridized carbons (Fsp3) is 0.733. The van der Waals surface area contributed by atoms with Gasteiger partial charge in [0.25, 0.3) is 0 Å². The van der Waals surface area contributed by atoms with E-state index in [0.29, 0.717) is 6.04 Å². The molecule has 1 fully saturated rings. The molecule has 0 amide bonds. The predicted molar refractivity (Wildman–Crippen MR) is 80.5 cm³/mol. The molecule has 0 bridgehead atoms. The summed E-state index contributed by atoms with van der Waals surface area (Å²) in [5, 5.41) is 6.91. The van der Waals surface area contributed by atoms with Gasteiger partial charge in [0, 0.05) is 18.2 Å². The molecule has 4 heteroatoms. The van der Waals surface area contributed by atoms with E-state index in [4.69, 9.17) is 0 Å². The smallest absolute Gasteiger partial charge is 0.134 e. The monoisotopic (exact) mass is 262 g/mol. The van der Waals surface area contributed by atoms with E-state index in [1.165, 1.54) is 19.3 Å². The SMILES string of the molecule is CCNc1ncnc(NC2CCC(CC)C2C)c1C. The highest BCUT2D eigenvalue weighted by atomic mass is 15.1. The second-order valence-electron chi connectivity index (χ2n) is 5.58. The van der Waals surface area contributed by atoms with Crippen LogP contribution in [0.5, 0.6) is 0 Å². The van der Waals surface area contributed by atoms with Crippen LogP contribution in [0.3, 0.4) is 0 Å². The largest absolute Gasteiger partial charge is 0.370 e. The predicted octanol–water partition coefficient (Wildman–Crippen LogP) is 3.45. The van der Waals surface area contributed by atoms with Crippen LogP contribution in [0, 0.1) is 18.8 Å². The summed E-state index contributed by atoms with van der Waals surface area (Å²) in [6.07, 6.45) is 5.51. The van der Waals surface area contributed by atoms with E-state index in [9.17, 15) is 0 Å². The third-order valence-corrected chi connectivity index (χ3v) is 4.50. The van der Waals surface area contributed by atoms with Gasteiger partial charge in [0.1, 0.15) is 18.0 Å². The van der Waals surface area contributed by atoms with Gasteiger partial charge in [-0.2, -0.15) is 0 Å². The Kier molecular flexibility index (Phi) is 4.61. The van der Waals surface area contributed by atoms with E-state index in [0.717, 1.165) is 35.6 Å². The first-order chi connectivity index (χ1) is 9.17. The summed E-state index contributed by atoms with van der Waals surface area (Å²) in [5.74, 6) is 3.51. The van der Waals surface area contributed by atoms with Crippen LogP contribution in [0.25, 0.3) is 0 Å². The number of hydrogen-bond donors (Lipinski definition) is 2. The molecule has 1 aliphatic carbocycles. The van der Waals surface area contributed by atoms with Crippen LogP contribution in [-0.4, -0.2) is 22.6 Å². The molecule has 3 unspecified atom stereocenters. The molecule has 2 rings (SSSR count). The maximum Gasteiger partial charge on any atom is 0.134 e.